The lowest BCUT2D eigenvalue weighted by atomic mass is 9.85. The molecule has 228 valence electrons. The first-order chi connectivity index (χ1) is 20.5. The van der Waals surface area contributed by atoms with Gasteiger partial charge < -0.3 is 26.0 Å². The molecule has 0 aromatic carbocycles. The first kappa shape index (κ1) is 31.5. The number of ketones is 1. The second-order valence-electron chi connectivity index (χ2n) is 11.7. The number of Topliss-reactive ketones (excluding diaryl/α,β-unsaturated/α-hetero) is 1. The van der Waals surface area contributed by atoms with E-state index in [1.807, 2.05) is 64.2 Å². The highest BCUT2D eigenvalue weighted by atomic mass is 16.6. The van der Waals surface area contributed by atoms with Gasteiger partial charge in [-0.15, -0.1) is 0 Å². The van der Waals surface area contributed by atoms with Gasteiger partial charge in [-0.25, -0.2) is 4.79 Å². The summed E-state index contributed by atoms with van der Waals surface area (Å²) in [5.74, 6) is 0.0845. The Morgan fingerprint density at radius 3 is 2.60 bits per heavy atom. The molecule has 1 aromatic rings. The van der Waals surface area contributed by atoms with E-state index >= 15 is 0 Å². The van der Waals surface area contributed by atoms with Gasteiger partial charge in [0.05, 0.1) is 18.5 Å². The Bertz CT molecular complexity index is 1410. The van der Waals surface area contributed by atoms with Crippen molar-refractivity contribution in [2.75, 3.05) is 32.7 Å². The Kier molecular flexibility index (Phi) is 10.0. The molecular weight excluding hydrogens is 542 g/mol. The fourth-order valence-electron chi connectivity index (χ4n) is 5.19. The van der Waals surface area contributed by atoms with Gasteiger partial charge >= 0.3 is 6.09 Å². The van der Waals surface area contributed by atoms with Crippen molar-refractivity contribution in [1.29, 1.82) is 0 Å². The van der Waals surface area contributed by atoms with E-state index in [0.29, 0.717) is 50.7 Å². The maximum absolute atomic E-state index is 13.8. The first-order valence-corrected chi connectivity index (χ1v) is 14.6. The standard InChI is InChI=1S/C33H43N7O3/c1-7-10-25-23(8-2)20-35-21-27(25)26-19-24(12-13-28(26)34)30(41)31-36-14-9-11-29(37-22(3)38-31)39-15-17-40(18-16-39)32(42)43-33(4,5)6/h7-11,13,19-21,24,29,37H,2-3,12,14-18,34H2,1,4-6H3,(H,36,38)/b10-7-,11-9-/t24?,29-/m1/s1. The summed E-state index contributed by atoms with van der Waals surface area (Å²) < 4.78 is 5.52. The van der Waals surface area contributed by atoms with E-state index in [1.54, 1.807) is 23.4 Å². The summed E-state index contributed by atoms with van der Waals surface area (Å²) in [6, 6.07) is 0. The van der Waals surface area contributed by atoms with E-state index in [9.17, 15) is 9.59 Å². The summed E-state index contributed by atoms with van der Waals surface area (Å²) in [5, 5.41) is 6.49. The molecule has 1 aromatic heterocycles. The largest absolute Gasteiger partial charge is 0.444 e. The molecule has 1 unspecified atom stereocenters. The van der Waals surface area contributed by atoms with Crippen molar-refractivity contribution in [2.45, 2.75) is 45.9 Å². The fraction of sp³-hybridized carbons (Fsp3) is 0.394. The number of hydrogen-bond acceptors (Lipinski definition) is 9. The SMILES string of the molecule is C=Cc1cncc(C2=CC(C(=O)C3=NC/C=C\[C@@H](N4CCN(C(=O)OC(C)(C)C)CC4)NC(=C)N3)CC=C2N)c1/C=C\C. The second kappa shape index (κ2) is 13.7. The van der Waals surface area contributed by atoms with Crippen LogP contribution in [0.2, 0.25) is 0 Å². The fourth-order valence-corrected chi connectivity index (χ4v) is 5.19. The Hall–Kier alpha value is -4.44. The van der Waals surface area contributed by atoms with Crippen molar-refractivity contribution in [2.24, 2.45) is 16.6 Å². The molecule has 2 atom stereocenters. The number of rotatable bonds is 6. The molecule has 0 bridgehead atoms. The van der Waals surface area contributed by atoms with Crippen LogP contribution in [0.5, 0.6) is 0 Å². The van der Waals surface area contributed by atoms with E-state index in [4.69, 9.17) is 10.5 Å². The third kappa shape index (κ3) is 7.90. The highest BCUT2D eigenvalue weighted by molar-refractivity contribution is 6.40. The quantitative estimate of drug-likeness (QED) is 0.427. The van der Waals surface area contributed by atoms with Gasteiger partial charge in [0.2, 0.25) is 5.78 Å². The Morgan fingerprint density at radius 1 is 1.19 bits per heavy atom. The molecule has 10 nitrogen and oxygen atoms in total. The monoisotopic (exact) mass is 585 g/mol. The van der Waals surface area contributed by atoms with E-state index in [1.165, 1.54) is 0 Å². The number of ether oxygens (including phenoxy) is 1. The van der Waals surface area contributed by atoms with Gasteiger partial charge in [-0.3, -0.25) is 19.7 Å². The molecule has 3 aliphatic rings. The molecule has 10 heteroatoms. The van der Waals surface area contributed by atoms with Crippen LogP contribution in [0.25, 0.3) is 17.7 Å². The lowest BCUT2D eigenvalue weighted by molar-refractivity contribution is -0.115. The van der Waals surface area contributed by atoms with Gasteiger partial charge in [0.25, 0.3) is 0 Å². The lowest BCUT2D eigenvalue weighted by Crippen LogP contribution is -2.56. The summed E-state index contributed by atoms with van der Waals surface area (Å²) in [6.45, 7) is 18.3. The van der Waals surface area contributed by atoms with Crippen molar-refractivity contribution < 1.29 is 14.3 Å². The minimum absolute atomic E-state index is 0.151. The lowest BCUT2D eigenvalue weighted by Gasteiger charge is -2.39. The highest BCUT2D eigenvalue weighted by Crippen LogP contribution is 2.32. The number of allylic oxidation sites excluding steroid dienone is 4. The van der Waals surface area contributed by atoms with Crippen LogP contribution in [0.1, 0.15) is 50.8 Å². The van der Waals surface area contributed by atoms with E-state index in [0.717, 1.165) is 22.3 Å². The number of nitrogens with one attached hydrogen (secondary N) is 2. The molecule has 4 rings (SSSR count). The molecule has 2 aliphatic heterocycles. The third-order valence-corrected chi connectivity index (χ3v) is 7.33. The van der Waals surface area contributed by atoms with Crippen molar-refractivity contribution in [1.82, 2.24) is 25.4 Å². The van der Waals surface area contributed by atoms with Crippen molar-refractivity contribution in [3.63, 3.8) is 0 Å². The smallest absolute Gasteiger partial charge is 0.410 e. The maximum atomic E-state index is 13.8. The number of carbonyl (C=O) groups excluding carboxylic acids is 2. The van der Waals surface area contributed by atoms with Crippen LogP contribution < -0.4 is 16.4 Å². The molecule has 43 heavy (non-hydrogen) atoms. The van der Waals surface area contributed by atoms with Gasteiger partial charge in [-0.2, -0.15) is 0 Å². The second-order valence-corrected chi connectivity index (χ2v) is 11.7. The zero-order chi connectivity index (χ0) is 31.1. The van der Waals surface area contributed by atoms with Crippen LogP contribution in [-0.2, 0) is 9.53 Å². The Morgan fingerprint density at radius 2 is 1.93 bits per heavy atom. The minimum Gasteiger partial charge on any atom is -0.444 e. The molecule has 0 radical (unpaired) electrons. The number of nitrogens with two attached hydrogens (primary N) is 1. The molecule has 1 aliphatic carbocycles. The van der Waals surface area contributed by atoms with E-state index < -0.39 is 11.5 Å². The Balaban J connectivity index is 1.44. The summed E-state index contributed by atoms with van der Waals surface area (Å²) in [4.78, 5) is 39.1. The number of hydrogen-bond donors (Lipinski definition) is 3. The van der Waals surface area contributed by atoms with Crippen molar-refractivity contribution in [3.05, 3.63) is 84.1 Å². The molecule has 1 fully saturated rings. The van der Waals surface area contributed by atoms with Gasteiger partial charge in [0, 0.05) is 66.9 Å². The normalized spacial score (nSPS) is 22.6. The van der Waals surface area contributed by atoms with Crippen molar-refractivity contribution >= 4 is 35.4 Å². The maximum Gasteiger partial charge on any atom is 0.410 e. The molecular formula is C33H43N7O3. The number of aromatic nitrogens is 1. The van der Waals surface area contributed by atoms with Crippen LogP contribution in [0.4, 0.5) is 4.79 Å². The number of amides is 1. The number of pyridine rings is 1. The van der Waals surface area contributed by atoms with Crippen LogP contribution in [0.3, 0.4) is 0 Å². The predicted molar refractivity (Wildman–Crippen MR) is 172 cm³/mol. The number of aliphatic imine (C=N–C) groups is 1. The van der Waals surface area contributed by atoms with Gasteiger partial charge in [0.1, 0.15) is 5.60 Å². The van der Waals surface area contributed by atoms with Crippen molar-refractivity contribution in [3.8, 4) is 0 Å². The summed E-state index contributed by atoms with van der Waals surface area (Å²) in [7, 11) is 0. The van der Waals surface area contributed by atoms with Crippen LogP contribution >= 0.6 is 0 Å². The minimum atomic E-state index is -0.532. The summed E-state index contributed by atoms with van der Waals surface area (Å²) in [5.41, 5.74) is 9.93. The first-order valence-electron chi connectivity index (χ1n) is 14.6. The van der Waals surface area contributed by atoms with Gasteiger partial charge in [0.15, 0.2) is 5.84 Å². The Labute approximate surface area is 254 Å². The molecule has 3 heterocycles. The highest BCUT2D eigenvalue weighted by Gasteiger charge is 2.30. The third-order valence-electron chi connectivity index (χ3n) is 7.33. The summed E-state index contributed by atoms with van der Waals surface area (Å²) >= 11 is 0. The van der Waals surface area contributed by atoms with Gasteiger partial charge in [-0.1, -0.05) is 49.6 Å². The zero-order valence-corrected chi connectivity index (χ0v) is 25.6. The predicted octanol–water partition coefficient (Wildman–Crippen LogP) is 4.07. The number of nitrogens with zero attached hydrogens (tertiary/aromatic N) is 4. The average Bonchev–Trinajstić information content (AvgIpc) is 3.07. The number of amidine groups is 1. The topological polar surface area (TPSA) is 125 Å². The average molecular weight is 586 g/mol. The number of carbonyl (C=O) groups is 2. The van der Waals surface area contributed by atoms with E-state index in [2.05, 4.69) is 38.7 Å². The molecule has 0 saturated carbocycles. The molecule has 1 amide bonds. The molecule has 4 N–H and O–H groups in total. The van der Waals surface area contributed by atoms with E-state index in [-0.39, 0.29) is 23.9 Å². The van der Waals surface area contributed by atoms with Crippen LogP contribution in [0, 0.1) is 5.92 Å². The molecule has 1 saturated heterocycles. The van der Waals surface area contributed by atoms with Crippen LogP contribution in [-0.4, -0.2) is 77.0 Å². The van der Waals surface area contributed by atoms with Crippen LogP contribution in [0.15, 0.2) is 72.4 Å². The number of piperazine rings is 1. The summed E-state index contributed by atoms with van der Waals surface area (Å²) in [6.07, 6.45) is 16.9. The molecule has 0 spiro atoms. The van der Waals surface area contributed by atoms with Gasteiger partial charge in [-0.05, 0) is 45.8 Å². The zero-order valence-electron chi connectivity index (χ0n) is 25.6.